The molecule has 2 N–H and O–H groups in total. The Kier molecular flexibility index (Phi) is 4.43. The minimum Gasteiger partial charge on any atom is -0.465 e. The van der Waals surface area contributed by atoms with Crippen LogP contribution >= 0.6 is 0 Å². The van der Waals surface area contributed by atoms with Crippen molar-refractivity contribution in [2.24, 2.45) is 5.14 Å². The van der Waals surface area contributed by atoms with Crippen molar-refractivity contribution >= 4 is 20.0 Å². The van der Waals surface area contributed by atoms with E-state index in [0.29, 0.717) is 11.5 Å². The zero-order valence-corrected chi connectivity index (χ0v) is 13.7. The predicted molar refractivity (Wildman–Crippen MR) is 79.9 cm³/mol. The predicted octanol–water partition coefficient (Wildman–Crippen LogP) is 1.06. The number of sulfonamides is 2. The molecule has 7 nitrogen and oxygen atoms in total. The minimum atomic E-state index is -3.97. The van der Waals surface area contributed by atoms with Gasteiger partial charge in [0.25, 0.3) is 0 Å². The fourth-order valence-corrected chi connectivity index (χ4v) is 3.68. The second-order valence-electron chi connectivity index (χ2n) is 4.79. The molecule has 0 aliphatic rings. The lowest BCUT2D eigenvalue weighted by Gasteiger charge is -2.16. The van der Waals surface area contributed by atoms with Gasteiger partial charge in [-0.1, -0.05) is 6.07 Å². The van der Waals surface area contributed by atoms with Crippen molar-refractivity contribution in [3.05, 3.63) is 47.9 Å². The van der Waals surface area contributed by atoms with Crippen LogP contribution in [0.2, 0.25) is 0 Å². The Morgan fingerprint density at radius 2 is 1.73 bits per heavy atom. The van der Waals surface area contributed by atoms with Gasteiger partial charge in [-0.3, -0.25) is 0 Å². The fourth-order valence-electron chi connectivity index (χ4n) is 1.87. The zero-order chi connectivity index (χ0) is 16.5. The van der Waals surface area contributed by atoms with E-state index in [-0.39, 0.29) is 16.3 Å². The summed E-state index contributed by atoms with van der Waals surface area (Å²) >= 11 is 0. The van der Waals surface area contributed by atoms with Crippen LogP contribution in [0.15, 0.2) is 50.6 Å². The van der Waals surface area contributed by atoms with Gasteiger partial charge >= 0.3 is 0 Å². The molecule has 0 saturated heterocycles. The number of benzene rings is 1. The van der Waals surface area contributed by atoms with Crippen molar-refractivity contribution in [1.29, 1.82) is 0 Å². The first kappa shape index (κ1) is 16.7. The maximum absolute atomic E-state index is 12.5. The maximum atomic E-state index is 12.5. The quantitative estimate of drug-likeness (QED) is 0.872. The normalized spacial score (nSPS) is 12.7. The molecule has 0 spiro atoms. The van der Waals surface area contributed by atoms with E-state index in [1.54, 1.807) is 19.1 Å². The third-order valence-electron chi connectivity index (χ3n) is 3.02. The molecule has 0 amide bonds. The van der Waals surface area contributed by atoms with Crippen molar-refractivity contribution in [3.8, 4) is 0 Å². The lowest BCUT2D eigenvalue weighted by molar-refractivity contribution is 0.397. The van der Waals surface area contributed by atoms with Crippen LogP contribution in [0.3, 0.4) is 0 Å². The Labute approximate surface area is 129 Å². The van der Waals surface area contributed by atoms with Crippen LogP contribution in [0.25, 0.3) is 0 Å². The van der Waals surface area contributed by atoms with Gasteiger partial charge in [0.2, 0.25) is 20.0 Å². The summed E-state index contributed by atoms with van der Waals surface area (Å²) in [5, 5.41) is 5.02. The van der Waals surface area contributed by atoms with Crippen LogP contribution in [0.1, 0.15) is 11.5 Å². The first-order valence-corrected chi connectivity index (χ1v) is 9.24. The van der Waals surface area contributed by atoms with Gasteiger partial charge in [-0.25, -0.2) is 22.0 Å². The number of hydrogen-bond acceptors (Lipinski definition) is 5. The monoisotopic (exact) mass is 344 g/mol. The second-order valence-corrected chi connectivity index (χ2v) is 8.40. The number of furan rings is 1. The standard InChI is InChI=1S/C13H16N2O5S2/c1-10-6-7-11(20-10)9-15(2)22(18,19)13-5-3-4-12(8-13)21(14,16)17/h3-8H,9H2,1-2H3,(H2,14,16,17). The van der Waals surface area contributed by atoms with Gasteiger partial charge in [-0.15, -0.1) is 0 Å². The van der Waals surface area contributed by atoms with Crippen LogP contribution in [-0.4, -0.2) is 28.2 Å². The molecule has 1 aromatic carbocycles. The minimum absolute atomic E-state index is 0.0375. The molecule has 2 aromatic rings. The molecule has 0 saturated carbocycles. The topological polar surface area (TPSA) is 111 Å². The number of rotatable bonds is 5. The van der Waals surface area contributed by atoms with Gasteiger partial charge in [0.1, 0.15) is 11.5 Å². The highest BCUT2D eigenvalue weighted by atomic mass is 32.2. The summed E-state index contributed by atoms with van der Waals surface area (Å²) in [6.07, 6.45) is 0. The van der Waals surface area contributed by atoms with E-state index in [2.05, 4.69) is 0 Å². The van der Waals surface area contributed by atoms with Crippen molar-refractivity contribution in [2.45, 2.75) is 23.3 Å². The van der Waals surface area contributed by atoms with Gasteiger partial charge in [-0.2, -0.15) is 4.31 Å². The fraction of sp³-hybridized carbons (Fsp3) is 0.231. The SMILES string of the molecule is Cc1ccc(CN(C)S(=O)(=O)c2cccc(S(N)(=O)=O)c2)o1. The summed E-state index contributed by atoms with van der Waals surface area (Å²) < 4.78 is 54.0. The maximum Gasteiger partial charge on any atom is 0.243 e. The Morgan fingerprint density at radius 1 is 1.09 bits per heavy atom. The largest absolute Gasteiger partial charge is 0.465 e. The third kappa shape index (κ3) is 3.55. The first-order valence-electron chi connectivity index (χ1n) is 6.25. The van der Waals surface area contributed by atoms with Gasteiger partial charge in [0.05, 0.1) is 16.3 Å². The molecule has 0 aliphatic heterocycles. The van der Waals surface area contributed by atoms with E-state index in [1.807, 2.05) is 0 Å². The van der Waals surface area contributed by atoms with Crippen LogP contribution < -0.4 is 5.14 Å². The molecule has 0 fully saturated rings. The highest BCUT2D eigenvalue weighted by Gasteiger charge is 2.23. The Morgan fingerprint density at radius 3 is 2.27 bits per heavy atom. The molecule has 2 rings (SSSR count). The number of nitrogens with zero attached hydrogens (tertiary/aromatic N) is 1. The molecular formula is C13H16N2O5S2. The average molecular weight is 344 g/mol. The van der Waals surface area contributed by atoms with E-state index in [4.69, 9.17) is 9.56 Å². The van der Waals surface area contributed by atoms with Gasteiger partial charge < -0.3 is 4.42 Å². The average Bonchev–Trinajstić information content (AvgIpc) is 2.83. The van der Waals surface area contributed by atoms with E-state index in [1.165, 1.54) is 25.2 Å². The van der Waals surface area contributed by atoms with E-state index in [0.717, 1.165) is 10.4 Å². The lowest BCUT2D eigenvalue weighted by Crippen LogP contribution is -2.26. The molecule has 1 heterocycles. The molecule has 0 unspecified atom stereocenters. The summed E-state index contributed by atoms with van der Waals surface area (Å²) in [7, 11) is -6.44. The summed E-state index contributed by atoms with van der Waals surface area (Å²) in [5.74, 6) is 1.17. The van der Waals surface area contributed by atoms with E-state index >= 15 is 0 Å². The number of aryl methyl sites for hydroxylation is 1. The number of nitrogens with two attached hydrogens (primary N) is 1. The number of primary sulfonamides is 1. The Balaban J connectivity index is 2.33. The lowest BCUT2D eigenvalue weighted by atomic mass is 10.4. The molecule has 120 valence electrons. The van der Waals surface area contributed by atoms with Crippen molar-refractivity contribution in [2.75, 3.05) is 7.05 Å². The molecule has 1 aromatic heterocycles. The van der Waals surface area contributed by atoms with Crippen LogP contribution in [-0.2, 0) is 26.6 Å². The first-order chi connectivity index (χ1) is 10.1. The molecule has 0 bridgehead atoms. The Hall–Kier alpha value is -1.68. The summed E-state index contributed by atoms with van der Waals surface area (Å²) in [6.45, 7) is 1.79. The van der Waals surface area contributed by atoms with Crippen molar-refractivity contribution in [3.63, 3.8) is 0 Å². The summed E-state index contributed by atoms with van der Waals surface area (Å²) in [4.78, 5) is -0.402. The van der Waals surface area contributed by atoms with Crippen molar-refractivity contribution < 1.29 is 21.3 Å². The zero-order valence-electron chi connectivity index (χ0n) is 12.1. The van der Waals surface area contributed by atoms with E-state index < -0.39 is 20.0 Å². The molecular weight excluding hydrogens is 328 g/mol. The summed E-state index contributed by atoms with van der Waals surface area (Å²) in [6, 6.07) is 8.34. The smallest absolute Gasteiger partial charge is 0.243 e. The highest BCUT2D eigenvalue weighted by molar-refractivity contribution is 7.90. The van der Waals surface area contributed by atoms with Crippen molar-refractivity contribution in [1.82, 2.24) is 4.31 Å². The summed E-state index contributed by atoms with van der Waals surface area (Å²) in [5.41, 5.74) is 0. The van der Waals surface area contributed by atoms with Crippen LogP contribution in [0, 0.1) is 6.92 Å². The van der Waals surface area contributed by atoms with Crippen LogP contribution in [0.4, 0.5) is 0 Å². The Bertz CT molecular complexity index is 885. The molecule has 0 atom stereocenters. The third-order valence-corrected chi connectivity index (χ3v) is 5.73. The van der Waals surface area contributed by atoms with Gasteiger partial charge in [-0.05, 0) is 37.3 Å². The highest BCUT2D eigenvalue weighted by Crippen LogP contribution is 2.20. The molecule has 0 aliphatic carbocycles. The molecule has 22 heavy (non-hydrogen) atoms. The molecule has 9 heteroatoms. The second kappa shape index (κ2) is 5.84. The van der Waals surface area contributed by atoms with Gasteiger partial charge in [0.15, 0.2) is 0 Å². The number of hydrogen-bond donors (Lipinski definition) is 1. The van der Waals surface area contributed by atoms with E-state index in [9.17, 15) is 16.8 Å². The van der Waals surface area contributed by atoms with Crippen LogP contribution in [0.5, 0.6) is 0 Å². The van der Waals surface area contributed by atoms with Gasteiger partial charge in [0, 0.05) is 7.05 Å². The molecule has 0 radical (unpaired) electrons.